The molecule has 2 heterocycles. The molecule has 0 saturated carbocycles. The van der Waals surface area contributed by atoms with E-state index in [1.165, 1.54) is 4.90 Å². The molecular weight excluding hydrogens is 306 g/mol. The summed E-state index contributed by atoms with van der Waals surface area (Å²) < 4.78 is 11.3. The average Bonchev–Trinajstić information content (AvgIpc) is 3.19. The number of nitrogens with zero attached hydrogens (tertiary/aromatic N) is 1. The Hall–Kier alpha value is -2.66. The zero-order valence-electron chi connectivity index (χ0n) is 13.1. The zero-order valence-corrected chi connectivity index (χ0v) is 13.1. The Balaban J connectivity index is 1.56. The van der Waals surface area contributed by atoms with Gasteiger partial charge in [-0.15, -0.1) is 0 Å². The summed E-state index contributed by atoms with van der Waals surface area (Å²) in [5.41, 5.74) is 0.824. The Morgan fingerprint density at radius 3 is 2.54 bits per heavy atom. The third kappa shape index (κ3) is 2.67. The molecule has 0 radical (unpaired) electrons. The standard InChI is InChI=1S/C19H17NO4/c21-18-16-9-8-14(24-13-5-2-1-3-6-13)11-17(16)19(22)20(18)12-15-7-4-10-23-15/h1-3,5-6,8-9,11,15H,4,7,10,12H2/t15-/m0/s1. The van der Waals surface area contributed by atoms with Crippen molar-refractivity contribution >= 4 is 11.8 Å². The van der Waals surface area contributed by atoms with Gasteiger partial charge in [-0.2, -0.15) is 0 Å². The maximum Gasteiger partial charge on any atom is 0.261 e. The fourth-order valence-corrected chi connectivity index (χ4v) is 3.12. The quantitative estimate of drug-likeness (QED) is 0.811. The number of hydrogen-bond donors (Lipinski definition) is 0. The highest BCUT2D eigenvalue weighted by atomic mass is 16.5. The minimum absolute atomic E-state index is 0.0488. The number of rotatable bonds is 4. The van der Waals surface area contributed by atoms with Crippen LogP contribution in [-0.4, -0.2) is 36.0 Å². The smallest absolute Gasteiger partial charge is 0.261 e. The topological polar surface area (TPSA) is 55.8 Å². The SMILES string of the molecule is O=C1c2ccc(Oc3ccccc3)cc2C(=O)N1C[C@@H]1CCCO1. The summed E-state index contributed by atoms with van der Waals surface area (Å²) in [5, 5.41) is 0. The molecule has 0 N–H and O–H groups in total. The fraction of sp³-hybridized carbons (Fsp3) is 0.263. The second kappa shape index (κ2) is 6.09. The van der Waals surface area contributed by atoms with E-state index in [2.05, 4.69) is 0 Å². The number of amides is 2. The molecule has 24 heavy (non-hydrogen) atoms. The Kier molecular flexibility index (Phi) is 3.78. The van der Waals surface area contributed by atoms with Gasteiger partial charge in [0.1, 0.15) is 11.5 Å². The Morgan fingerprint density at radius 2 is 1.79 bits per heavy atom. The number of para-hydroxylation sites is 1. The van der Waals surface area contributed by atoms with Crippen molar-refractivity contribution in [3.8, 4) is 11.5 Å². The highest BCUT2D eigenvalue weighted by Crippen LogP contribution is 2.30. The zero-order chi connectivity index (χ0) is 16.5. The molecule has 0 spiro atoms. The maximum atomic E-state index is 12.6. The van der Waals surface area contributed by atoms with E-state index < -0.39 is 0 Å². The molecule has 5 heteroatoms. The molecule has 0 aliphatic carbocycles. The van der Waals surface area contributed by atoms with Crippen LogP contribution in [0.15, 0.2) is 48.5 Å². The van der Waals surface area contributed by atoms with Crippen molar-refractivity contribution in [1.82, 2.24) is 4.90 Å². The number of carbonyl (C=O) groups is 2. The lowest BCUT2D eigenvalue weighted by Crippen LogP contribution is -2.36. The molecule has 1 fully saturated rings. The van der Waals surface area contributed by atoms with Gasteiger partial charge in [-0.25, -0.2) is 0 Å². The highest BCUT2D eigenvalue weighted by molar-refractivity contribution is 6.21. The lowest BCUT2D eigenvalue weighted by Gasteiger charge is -2.17. The normalized spacial score (nSPS) is 19.7. The summed E-state index contributed by atoms with van der Waals surface area (Å²) in [4.78, 5) is 26.4. The number of benzene rings is 2. The van der Waals surface area contributed by atoms with Gasteiger partial charge in [-0.3, -0.25) is 14.5 Å². The van der Waals surface area contributed by atoms with Crippen LogP contribution in [0.5, 0.6) is 11.5 Å². The average molecular weight is 323 g/mol. The van der Waals surface area contributed by atoms with E-state index in [0.29, 0.717) is 35.8 Å². The molecule has 0 unspecified atom stereocenters. The summed E-state index contributed by atoms with van der Waals surface area (Å²) >= 11 is 0. The van der Waals surface area contributed by atoms with Crippen molar-refractivity contribution in [2.45, 2.75) is 18.9 Å². The van der Waals surface area contributed by atoms with Gasteiger partial charge in [0, 0.05) is 6.61 Å². The molecule has 2 aromatic carbocycles. The lowest BCUT2D eigenvalue weighted by atomic mass is 10.1. The van der Waals surface area contributed by atoms with Crippen LogP contribution in [-0.2, 0) is 4.74 Å². The molecule has 2 aliphatic heterocycles. The second-order valence-electron chi connectivity index (χ2n) is 5.98. The summed E-state index contributed by atoms with van der Waals surface area (Å²) in [7, 11) is 0. The van der Waals surface area contributed by atoms with Crippen LogP contribution in [0.25, 0.3) is 0 Å². The molecule has 2 aromatic rings. The largest absolute Gasteiger partial charge is 0.457 e. The van der Waals surface area contributed by atoms with Gasteiger partial charge in [-0.1, -0.05) is 18.2 Å². The van der Waals surface area contributed by atoms with Crippen molar-refractivity contribution in [3.05, 3.63) is 59.7 Å². The molecule has 0 aromatic heterocycles. The van der Waals surface area contributed by atoms with Crippen LogP contribution in [0, 0.1) is 0 Å². The van der Waals surface area contributed by atoms with Crippen LogP contribution in [0.1, 0.15) is 33.6 Å². The second-order valence-corrected chi connectivity index (χ2v) is 5.98. The molecule has 5 nitrogen and oxygen atoms in total. The van der Waals surface area contributed by atoms with Crippen molar-refractivity contribution in [2.24, 2.45) is 0 Å². The number of fused-ring (bicyclic) bond motifs is 1. The predicted molar refractivity (Wildman–Crippen MR) is 87.3 cm³/mol. The third-order valence-electron chi connectivity index (χ3n) is 4.33. The first-order valence-electron chi connectivity index (χ1n) is 8.07. The minimum atomic E-state index is -0.274. The van der Waals surface area contributed by atoms with Crippen molar-refractivity contribution < 1.29 is 19.1 Å². The summed E-state index contributed by atoms with van der Waals surface area (Å²) in [6.45, 7) is 1.02. The minimum Gasteiger partial charge on any atom is -0.457 e. The Morgan fingerprint density at radius 1 is 1.00 bits per heavy atom. The van der Waals surface area contributed by atoms with E-state index in [1.807, 2.05) is 30.3 Å². The summed E-state index contributed by atoms with van der Waals surface area (Å²) in [6.07, 6.45) is 1.81. The fourth-order valence-electron chi connectivity index (χ4n) is 3.12. The molecule has 122 valence electrons. The maximum absolute atomic E-state index is 12.6. The van der Waals surface area contributed by atoms with E-state index in [0.717, 1.165) is 12.8 Å². The lowest BCUT2D eigenvalue weighted by molar-refractivity contribution is 0.0475. The van der Waals surface area contributed by atoms with Gasteiger partial charge in [0.2, 0.25) is 0 Å². The van der Waals surface area contributed by atoms with Gasteiger partial charge < -0.3 is 9.47 Å². The van der Waals surface area contributed by atoms with E-state index in [-0.39, 0.29) is 17.9 Å². The molecule has 1 saturated heterocycles. The number of imide groups is 1. The van der Waals surface area contributed by atoms with Gasteiger partial charge >= 0.3 is 0 Å². The first-order chi connectivity index (χ1) is 11.7. The predicted octanol–water partition coefficient (Wildman–Crippen LogP) is 3.25. The molecule has 0 bridgehead atoms. The molecule has 2 aliphatic rings. The van der Waals surface area contributed by atoms with Crippen LogP contribution in [0.4, 0.5) is 0 Å². The van der Waals surface area contributed by atoms with E-state index >= 15 is 0 Å². The highest BCUT2D eigenvalue weighted by Gasteiger charge is 2.37. The van der Waals surface area contributed by atoms with Crippen molar-refractivity contribution in [3.63, 3.8) is 0 Å². The molecule has 2 amide bonds. The van der Waals surface area contributed by atoms with E-state index in [4.69, 9.17) is 9.47 Å². The Labute approximate surface area is 139 Å². The summed E-state index contributed by atoms with van der Waals surface area (Å²) in [6, 6.07) is 14.3. The first kappa shape index (κ1) is 14.9. The first-order valence-corrected chi connectivity index (χ1v) is 8.07. The summed E-state index contributed by atoms with van der Waals surface area (Å²) in [5.74, 6) is 0.700. The van der Waals surface area contributed by atoms with Crippen LogP contribution < -0.4 is 4.74 Å². The molecule has 4 rings (SSSR count). The van der Waals surface area contributed by atoms with Crippen molar-refractivity contribution in [1.29, 1.82) is 0 Å². The number of hydrogen-bond acceptors (Lipinski definition) is 4. The number of ether oxygens (including phenoxy) is 2. The van der Waals surface area contributed by atoms with Crippen LogP contribution in [0.3, 0.4) is 0 Å². The van der Waals surface area contributed by atoms with Gasteiger partial charge in [-0.05, 0) is 43.2 Å². The molecular formula is C19H17NO4. The van der Waals surface area contributed by atoms with E-state index in [9.17, 15) is 9.59 Å². The van der Waals surface area contributed by atoms with E-state index in [1.54, 1.807) is 18.2 Å². The monoisotopic (exact) mass is 323 g/mol. The Bertz CT molecular complexity index is 781. The third-order valence-corrected chi connectivity index (χ3v) is 4.33. The number of carbonyl (C=O) groups excluding carboxylic acids is 2. The van der Waals surface area contributed by atoms with Crippen LogP contribution >= 0.6 is 0 Å². The van der Waals surface area contributed by atoms with Gasteiger partial charge in [0.25, 0.3) is 11.8 Å². The van der Waals surface area contributed by atoms with Gasteiger partial charge in [0.05, 0.1) is 23.8 Å². The van der Waals surface area contributed by atoms with Crippen LogP contribution in [0.2, 0.25) is 0 Å². The molecule has 1 atom stereocenters. The van der Waals surface area contributed by atoms with Gasteiger partial charge in [0.15, 0.2) is 0 Å². The van der Waals surface area contributed by atoms with Crippen molar-refractivity contribution in [2.75, 3.05) is 13.2 Å².